The van der Waals surface area contributed by atoms with Gasteiger partial charge in [-0.1, -0.05) is 36.4 Å². The Bertz CT molecular complexity index is 307. The zero-order valence-electron chi connectivity index (χ0n) is 8.19. The highest BCUT2D eigenvalue weighted by Gasteiger charge is 2.42. The Morgan fingerprint density at radius 3 is 2.71 bits per heavy atom. The molecule has 74 valence electrons. The normalized spacial score (nSPS) is 26.9. The van der Waals surface area contributed by atoms with Crippen molar-refractivity contribution in [3.63, 3.8) is 0 Å². The summed E-state index contributed by atoms with van der Waals surface area (Å²) in [7, 11) is 0. The van der Waals surface area contributed by atoms with Gasteiger partial charge in [0.1, 0.15) is 0 Å². The van der Waals surface area contributed by atoms with Gasteiger partial charge in [0.25, 0.3) is 0 Å². The summed E-state index contributed by atoms with van der Waals surface area (Å²) in [6, 6.07) is 10.8. The molecule has 0 saturated heterocycles. The van der Waals surface area contributed by atoms with Gasteiger partial charge in [0.05, 0.1) is 0 Å². The van der Waals surface area contributed by atoms with E-state index in [-0.39, 0.29) is 6.04 Å². The van der Waals surface area contributed by atoms with Crippen molar-refractivity contribution in [3.05, 3.63) is 48.6 Å². The molecule has 3 N–H and O–H groups in total. The molecule has 1 aliphatic rings. The van der Waals surface area contributed by atoms with Gasteiger partial charge in [-0.15, -0.1) is 6.58 Å². The van der Waals surface area contributed by atoms with Crippen LogP contribution >= 0.6 is 0 Å². The molecule has 0 bridgehead atoms. The van der Waals surface area contributed by atoms with Crippen molar-refractivity contribution >= 4 is 0 Å². The van der Waals surface area contributed by atoms with Gasteiger partial charge >= 0.3 is 0 Å². The summed E-state index contributed by atoms with van der Waals surface area (Å²) < 4.78 is 0. The lowest BCUT2D eigenvalue weighted by molar-refractivity contribution is 0.550. The average molecular weight is 188 g/mol. The highest BCUT2D eigenvalue weighted by atomic mass is 15.2. The maximum atomic E-state index is 5.44. The molecular weight excluding hydrogens is 172 g/mol. The van der Waals surface area contributed by atoms with Crippen molar-refractivity contribution < 1.29 is 0 Å². The number of hydrogen-bond donors (Lipinski definition) is 2. The van der Waals surface area contributed by atoms with Crippen LogP contribution in [0, 0.1) is 5.92 Å². The van der Waals surface area contributed by atoms with E-state index < -0.39 is 0 Å². The SMILES string of the molecule is C=CC(NN)C1CC1c1ccccc1. The van der Waals surface area contributed by atoms with Gasteiger partial charge < -0.3 is 0 Å². The van der Waals surface area contributed by atoms with Gasteiger partial charge in [-0.2, -0.15) is 0 Å². The topological polar surface area (TPSA) is 38.0 Å². The van der Waals surface area contributed by atoms with Gasteiger partial charge in [-0.3, -0.25) is 11.3 Å². The van der Waals surface area contributed by atoms with E-state index in [0.29, 0.717) is 11.8 Å². The minimum Gasteiger partial charge on any atom is -0.271 e. The summed E-state index contributed by atoms with van der Waals surface area (Å²) in [6.45, 7) is 3.78. The average Bonchev–Trinajstić information content (AvgIpc) is 3.01. The van der Waals surface area contributed by atoms with Crippen molar-refractivity contribution in [3.8, 4) is 0 Å². The third-order valence-electron chi connectivity index (χ3n) is 2.98. The summed E-state index contributed by atoms with van der Waals surface area (Å²) in [6.07, 6.45) is 3.11. The Kier molecular flexibility index (Phi) is 2.66. The lowest BCUT2D eigenvalue weighted by atomic mass is 10.1. The molecule has 0 aliphatic heterocycles. The van der Waals surface area contributed by atoms with Crippen molar-refractivity contribution in [1.82, 2.24) is 5.43 Å². The van der Waals surface area contributed by atoms with Crippen LogP contribution in [0.25, 0.3) is 0 Å². The van der Waals surface area contributed by atoms with Gasteiger partial charge in [-0.25, -0.2) is 0 Å². The van der Waals surface area contributed by atoms with Crippen LogP contribution in [0.1, 0.15) is 17.9 Å². The van der Waals surface area contributed by atoms with E-state index in [1.807, 2.05) is 12.1 Å². The molecule has 3 atom stereocenters. The summed E-state index contributed by atoms with van der Waals surface area (Å²) in [5.41, 5.74) is 4.21. The smallest absolute Gasteiger partial charge is 0.0422 e. The molecule has 1 aliphatic carbocycles. The van der Waals surface area contributed by atoms with Crippen LogP contribution in [0.15, 0.2) is 43.0 Å². The van der Waals surface area contributed by atoms with Crippen LogP contribution in [0.3, 0.4) is 0 Å². The molecule has 2 heteroatoms. The quantitative estimate of drug-likeness (QED) is 0.429. The molecule has 0 heterocycles. The van der Waals surface area contributed by atoms with Crippen LogP contribution in [-0.4, -0.2) is 6.04 Å². The highest BCUT2D eigenvalue weighted by molar-refractivity contribution is 5.27. The van der Waals surface area contributed by atoms with Gasteiger partial charge in [-0.05, 0) is 23.8 Å². The maximum absolute atomic E-state index is 5.44. The van der Waals surface area contributed by atoms with E-state index in [9.17, 15) is 0 Å². The molecule has 1 aromatic carbocycles. The molecule has 1 aromatic rings. The van der Waals surface area contributed by atoms with E-state index in [4.69, 9.17) is 5.84 Å². The zero-order valence-corrected chi connectivity index (χ0v) is 8.19. The molecule has 14 heavy (non-hydrogen) atoms. The molecule has 1 saturated carbocycles. The fraction of sp³-hybridized carbons (Fsp3) is 0.333. The van der Waals surface area contributed by atoms with Crippen LogP contribution in [-0.2, 0) is 0 Å². The Labute approximate surface area is 84.8 Å². The summed E-state index contributed by atoms with van der Waals surface area (Å²) in [4.78, 5) is 0. The second-order valence-electron chi connectivity index (χ2n) is 3.84. The van der Waals surface area contributed by atoms with E-state index in [2.05, 4.69) is 36.3 Å². The molecule has 1 fully saturated rings. The largest absolute Gasteiger partial charge is 0.271 e. The fourth-order valence-corrected chi connectivity index (χ4v) is 2.06. The Balaban J connectivity index is 2.02. The van der Waals surface area contributed by atoms with Crippen molar-refractivity contribution in [2.45, 2.75) is 18.4 Å². The van der Waals surface area contributed by atoms with E-state index in [0.717, 1.165) is 0 Å². The molecule has 0 spiro atoms. The fourth-order valence-electron chi connectivity index (χ4n) is 2.06. The molecule has 2 nitrogen and oxygen atoms in total. The van der Waals surface area contributed by atoms with Crippen molar-refractivity contribution in [1.29, 1.82) is 0 Å². The summed E-state index contributed by atoms with van der Waals surface area (Å²) in [5.74, 6) is 6.73. The third-order valence-corrected chi connectivity index (χ3v) is 2.98. The predicted molar refractivity (Wildman–Crippen MR) is 58.6 cm³/mol. The summed E-state index contributed by atoms with van der Waals surface area (Å²) in [5, 5.41) is 0. The molecule has 2 rings (SSSR count). The molecular formula is C12H16N2. The number of hydrazine groups is 1. The predicted octanol–water partition coefficient (Wildman–Crippen LogP) is 1.81. The molecule has 0 amide bonds. The van der Waals surface area contributed by atoms with Gasteiger partial charge in [0, 0.05) is 6.04 Å². The molecule has 0 aromatic heterocycles. The highest BCUT2D eigenvalue weighted by Crippen LogP contribution is 2.49. The summed E-state index contributed by atoms with van der Waals surface area (Å²) >= 11 is 0. The van der Waals surface area contributed by atoms with Crippen molar-refractivity contribution in [2.24, 2.45) is 11.8 Å². The van der Waals surface area contributed by atoms with Crippen molar-refractivity contribution in [2.75, 3.05) is 0 Å². The third kappa shape index (κ3) is 1.72. The van der Waals surface area contributed by atoms with Crippen LogP contribution < -0.4 is 11.3 Å². The zero-order chi connectivity index (χ0) is 9.97. The Morgan fingerprint density at radius 1 is 1.43 bits per heavy atom. The van der Waals surface area contributed by atoms with Gasteiger partial charge in [0.15, 0.2) is 0 Å². The first-order valence-electron chi connectivity index (χ1n) is 5.00. The Hall–Kier alpha value is -1.12. The first-order chi connectivity index (χ1) is 6.86. The first kappa shape index (κ1) is 9.44. The van der Waals surface area contributed by atoms with Crippen LogP contribution in [0.2, 0.25) is 0 Å². The second-order valence-corrected chi connectivity index (χ2v) is 3.84. The van der Waals surface area contributed by atoms with Gasteiger partial charge in [0.2, 0.25) is 0 Å². The Morgan fingerprint density at radius 2 is 2.14 bits per heavy atom. The lowest BCUT2D eigenvalue weighted by Crippen LogP contribution is -2.35. The van der Waals surface area contributed by atoms with E-state index >= 15 is 0 Å². The lowest BCUT2D eigenvalue weighted by Gasteiger charge is -2.09. The standard InChI is InChI=1S/C12H16N2/c1-2-12(14-13)11-8-10(11)9-6-4-3-5-7-9/h2-7,10-12,14H,1,8,13H2. The van der Waals surface area contributed by atoms with Crippen LogP contribution in [0.4, 0.5) is 0 Å². The maximum Gasteiger partial charge on any atom is 0.0422 e. The monoisotopic (exact) mass is 188 g/mol. The number of rotatable bonds is 4. The number of hydrogen-bond acceptors (Lipinski definition) is 2. The second kappa shape index (κ2) is 3.95. The number of benzene rings is 1. The first-order valence-corrected chi connectivity index (χ1v) is 5.00. The van der Waals surface area contributed by atoms with E-state index in [1.54, 1.807) is 0 Å². The molecule has 3 unspecified atom stereocenters. The molecule has 0 radical (unpaired) electrons. The minimum absolute atomic E-state index is 0.250. The van der Waals surface area contributed by atoms with E-state index in [1.165, 1.54) is 12.0 Å². The minimum atomic E-state index is 0.250. The number of nitrogens with two attached hydrogens (primary N) is 1. The number of nitrogens with one attached hydrogen (secondary N) is 1. The van der Waals surface area contributed by atoms with Crippen LogP contribution in [0.5, 0.6) is 0 Å².